The van der Waals surface area contributed by atoms with Crippen LogP contribution < -0.4 is 4.90 Å². The lowest BCUT2D eigenvalue weighted by Crippen LogP contribution is -2.52. The molecule has 2 aromatic rings. The van der Waals surface area contributed by atoms with Crippen LogP contribution in [0.3, 0.4) is 0 Å². The number of anilines is 1. The van der Waals surface area contributed by atoms with E-state index >= 15 is 0 Å². The third kappa shape index (κ3) is 4.28. The molecule has 0 atom stereocenters. The molecule has 2 amide bonds. The van der Waals surface area contributed by atoms with E-state index in [0.29, 0.717) is 26.1 Å². The van der Waals surface area contributed by atoms with Gasteiger partial charge in [-0.15, -0.1) is 11.3 Å². The normalized spacial score (nSPS) is 17.5. The molecule has 1 aromatic heterocycles. The van der Waals surface area contributed by atoms with Crippen LogP contribution in [0.4, 0.5) is 5.69 Å². The van der Waals surface area contributed by atoms with Crippen LogP contribution in [0.1, 0.15) is 21.7 Å². The third-order valence-electron chi connectivity index (χ3n) is 5.62. The second-order valence-corrected chi connectivity index (χ2v) is 9.00. The van der Waals surface area contributed by atoms with Crippen molar-refractivity contribution >= 4 is 28.8 Å². The van der Waals surface area contributed by atoms with Crippen LogP contribution >= 0.6 is 11.3 Å². The molecule has 0 unspecified atom stereocenters. The van der Waals surface area contributed by atoms with Crippen molar-refractivity contribution in [1.82, 2.24) is 9.80 Å². The highest BCUT2D eigenvalue weighted by Crippen LogP contribution is 2.27. The van der Waals surface area contributed by atoms with Gasteiger partial charge in [-0.2, -0.15) is 0 Å². The molecule has 2 aliphatic heterocycles. The van der Waals surface area contributed by atoms with Gasteiger partial charge in [0.2, 0.25) is 11.8 Å². The Morgan fingerprint density at radius 2 is 1.75 bits per heavy atom. The number of fused-ring (bicyclic) bond motifs is 1. The monoisotopic (exact) mass is 397 g/mol. The van der Waals surface area contributed by atoms with Gasteiger partial charge in [-0.05, 0) is 43.5 Å². The SMILES string of the molecule is Cc1ccc(CC(=O)N2CCN(CC(=O)N3CCCc4ccccc43)CC2)s1. The van der Waals surface area contributed by atoms with Gasteiger partial charge in [0.05, 0.1) is 13.0 Å². The van der Waals surface area contributed by atoms with Crippen LogP contribution in [0.25, 0.3) is 0 Å². The minimum Gasteiger partial charge on any atom is -0.340 e. The van der Waals surface area contributed by atoms with E-state index in [1.807, 2.05) is 28.0 Å². The van der Waals surface area contributed by atoms with Crippen LogP contribution in [-0.2, 0) is 22.4 Å². The molecule has 1 aromatic carbocycles. The van der Waals surface area contributed by atoms with Gasteiger partial charge >= 0.3 is 0 Å². The summed E-state index contributed by atoms with van der Waals surface area (Å²) in [4.78, 5) is 33.8. The molecule has 0 aliphatic carbocycles. The zero-order valence-corrected chi connectivity index (χ0v) is 17.2. The minimum atomic E-state index is 0.168. The highest BCUT2D eigenvalue weighted by Gasteiger charge is 2.26. The number of hydrogen-bond donors (Lipinski definition) is 0. The van der Waals surface area contributed by atoms with Crippen molar-refractivity contribution in [2.24, 2.45) is 0 Å². The van der Waals surface area contributed by atoms with Crippen molar-refractivity contribution in [2.75, 3.05) is 44.2 Å². The maximum Gasteiger partial charge on any atom is 0.241 e. The molecular formula is C22H27N3O2S. The van der Waals surface area contributed by atoms with Gasteiger partial charge in [0, 0.05) is 48.2 Å². The van der Waals surface area contributed by atoms with E-state index in [9.17, 15) is 9.59 Å². The fraction of sp³-hybridized carbons (Fsp3) is 0.455. The first-order chi connectivity index (χ1) is 13.6. The Balaban J connectivity index is 1.29. The van der Waals surface area contributed by atoms with Crippen LogP contribution in [0.2, 0.25) is 0 Å². The Morgan fingerprint density at radius 3 is 2.50 bits per heavy atom. The first-order valence-electron chi connectivity index (χ1n) is 10.0. The van der Waals surface area contributed by atoms with Crippen LogP contribution in [0.15, 0.2) is 36.4 Å². The van der Waals surface area contributed by atoms with Crippen molar-refractivity contribution in [1.29, 1.82) is 0 Å². The number of nitrogens with zero attached hydrogens (tertiary/aromatic N) is 3. The van der Waals surface area contributed by atoms with Crippen LogP contribution in [0.5, 0.6) is 0 Å². The molecule has 0 radical (unpaired) electrons. The highest BCUT2D eigenvalue weighted by molar-refractivity contribution is 7.12. The number of amides is 2. The predicted molar refractivity (Wildman–Crippen MR) is 113 cm³/mol. The fourth-order valence-electron chi connectivity index (χ4n) is 4.07. The molecule has 5 nitrogen and oxygen atoms in total. The maximum absolute atomic E-state index is 12.9. The molecule has 6 heteroatoms. The van der Waals surface area contributed by atoms with E-state index in [0.717, 1.165) is 43.0 Å². The summed E-state index contributed by atoms with van der Waals surface area (Å²) in [5, 5.41) is 0. The Morgan fingerprint density at radius 1 is 0.964 bits per heavy atom. The number of para-hydroxylation sites is 1. The van der Waals surface area contributed by atoms with E-state index in [1.165, 1.54) is 10.4 Å². The summed E-state index contributed by atoms with van der Waals surface area (Å²) in [6.45, 7) is 6.22. The number of carbonyl (C=O) groups is 2. The molecule has 3 heterocycles. The van der Waals surface area contributed by atoms with E-state index in [1.54, 1.807) is 11.3 Å². The Labute approximate surface area is 170 Å². The molecule has 28 heavy (non-hydrogen) atoms. The fourth-order valence-corrected chi connectivity index (χ4v) is 4.95. The predicted octanol–water partition coefficient (Wildman–Crippen LogP) is 2.72. The molecule has 0 saturated carbocycles. The zero-order chi connectivity index (χ0) is 19.5. The summed E-state index contributed by atoms with van der Waals surface area (Å²) in [6, 6.07) is 12.3. The van der Waals surface area contributed by atoms with Crippen molar-refractivity contribution in [2.45, 2.75) is 26.2 Å². The topological polar surface area (TPSA) is 43.9 Å². The molecule has 148 valence electrons. The Kier molecular flexibility index (Phi) is 5.78. The standard InChI is InChI=1S/C22H27N3O2S/c1-17-8-9-19(28-17)15-21(26)24-13-11-23(12-14-24)16-22(27)25-10-4-6-18-5-2-3-7-20(18)25/h2-3,5,7-9H,4,6,10-16H2,1H3. The summed E-state index contributed by atoms with van der Waals surface area (Å²) in [5.74, 6) is 0.360. The number of thiophene rings is 1. The molecule has 1 fully saturated rings. The summed E-state index contributed by atoms with van der Waals surface area (Å²) in [5.41, 5.74) is 2.33. The first-order valence-corrected chi connectivity index (χ1v) is 10.9. The van der Waals surface area contributed by atoms with E-state index in [4.69, 9.17) is 0 Å². The smallest absolute Gasteiger partial charge is 0.241 e. The largest absolute Gasteiger partial charge is 0.340 e. The molecule has 2 aliphatic rings. The van der Waals surface area contributed by atoms with Crippen molar-refractivity contribution in [3.8, 4) is 0 Å². The number of benzene rings is 1. The van der Waals surface area contributed by atoms with E-state index in [2.05, 4.69) is 30.0 Å². The molecule has 0 spiro atoms. The molecule has 1 saturated heterocycles. The van der Waals surface area contributed by atoms with Gasteiger partial charge in [-0.25, -0.2) is 0 Å². The van der Waals surface area contributed by atoms with Gasteiger partial charge in [0.1, 0.15) is 0 Å². The summed E-state index contributed by atoms with van der Waals surface area (Å²) in [6.07, 6.45) is 2.56. The summed E-state index contributed by atoms with van der Waals surface area (Å²) in [7, 11) is 0. The number of piperazine rings is 1. The lowest BCUT2D eigenvalue weighted by atomic mass is 10.0. The van der Waals surface area contributed by atoms with Gasteiger partial charge < -0.3 is 9.80 Å². The van der Waals surface area contributed by atoms with Crippen molar-refractivity contribution in [3.63, 3.8) is 0 Å². The number of hydrogen-bond acceptors (Lipinski definition) is 4. The van der Waals surface area contributed by atoms with Gasteiger partial charge in [-0.3, -0.25) is 14.5 Å². The number of rotatable bonds is 4. The van der Waals surface area contributed by atoms with Crippen LogP contribution in [0, 0.1) is 6.92 Å². The highest BCUT2D eigenvalue weighted by atomic mass is 32.1. The molecule has 4 rings (SSSR count). The quantitative estimate of drug-likeness (QED) is 0.797. The molecule has 0 N–H and O–H groups in total. The average molecular weight is 398 g/mol. The van der Waals surface area contributed by atoms with E-state index in [-0.39, 0.29) is 11.8 Å². The number of aryl methyl sites for hydroxylation is 2. The lowest BCUT2D eigenvalue weighted by molar-refractivity contribution is -0.132. The van der Waals surface area contributed by atoms with Gasteiger partial charge in [-0.1, -0.05) is 18.2 Å². The third-order valence-corrected chi connectivity index (χ3v) is 6.62. The van der Waals surface area contributed by atoms with Crippen LogP contribution in [-0.4, -0.2) is 60.9 Å². The second-order valence-electron chi connectivity index (χ2n) is 7.62. The molecule has 0 bridgehead atoms. The second kappa shape index (κ2) is 8.45. The van der Waals surface area contributed by atoms with Gasteiger partial charge in [0.15, 0.2) is 0 Å². The minimum absolute atomic E-state index is 0.168. The number of carbonyl (C=O) groups excluding carboxylic acids is 2. The van der Waals surface area contributed by atoms with Gasteiger partial charge in [0.25, 0.3) is 0 Å². The maximum atomic E-state index is 12.9. The summed E-state index contributed by atoms with van der Waals surface area (Å²) >= 11 is 1.69. The first kappa shape index (κ1) is 19.2. The lowest BCUT2D eigenvalue weighted by Gasteiger charge is -2.36. The van der Waals surface area contributed by atoms with Crippen molar-refractivity contribution in [3.05, 3.63) is 51.7 Å². The summed E-state index contributed by atoms with van der Waals surface area (Å²) < 4.78 is 0. The molecular weight excluding hydrogens is 370 g/mol. The van der Waals surface area contributed by atoms with Crippen molar-refractivity contribution < 1.29 is 9.59 Å². The average Bonchev–Trinajstić information content (AvgIpc) is 3.12. The Hall–Kier alpha value is -2.18. The zero-order valence-electron chi connectivity index (χ0n) is 16.4. The Bertz CT molecular complexity index is 855. The van der Waals surface area contributed by atoms with E-state index < -0.39 is 0 Å².